The number of hydrogen-bond donors (Lipinski definition) is 1. The van der Waals surface area contributed by atoms with Crippen molar-refractivity contribution in [3.63, 3.8) is 0 Å². The molecule has 0 saturated carbocycles. The molecule has 0 aliphatic carbocycles. The number of amides is 2. The number of rotatable bonds is 2. The fraction of sp³-hybridized carbons (Fsp3) is 0.353. The molecule has 2 heterocycles. The Kier molecular flexibility index (Phi) is 4.50. The van der Waals surface area contributed by atoms with Gasteiger partial charge in [0.2, 0.25) is 0 Å². The van der Waals surface area contributed by atoms with Crippen LogP contribution in [-0.2, 0) is 19.4 Å². The third-order valence-electron chi connectivity index (χ3n) is 4.12. The summed E-state index contributed by atoms with van der Waals surface area (Å²) in [5.74, 6) is -0.295. The molecule has 0 saturated heterocycles. The smallest absolute Gasteiger partial charge is 0.317 e. The van der Waals surface area contributed by atoms with E-state index >= 15 is 0 Å². The van der Waals surface area contributed by atoms with E-state index in [0.717, 1.165) is 35.4 Å². The first-order chi connectivity index (χ1) is 11.1. The maximum atomic E-state index is 13.2. The van der Waals surface area contributed by atoms with Gasteiger partial charge >= 0.3 is 6.03 Å². The second-order valence-corrected chi connectivity index (χ2v) is 5.66. The van der Waals surface area contributed by atoms with Gasteiger partial charge in [0.25, 0.3) is 0 Å². The lowest BCUT2D eigenvalue weighted by Crippen LogP contribution is -2.41. The predicted molar refractivity (Wildman–Crippen MR) is 84.4 cm³/mol. The average molecular weight is 314 g/mol. The monoisotopic (exact) mass is 314 g/mol. The lowest BCUT2D eigenvalue weighted by atomic mass is 10.1. The topological polar surface area (TPSA) is 58.1 Å². The van der Waals surface area contributed by atoms with Gasteiger partial charge in [-0.3, -0.25) is 0 Å². The van der Waals surface area contributed by atoms with Crippen LogP contribution in [0.25, 0.3) is 0 Å². The van der Waals surface area contributed by atoms with E-state index in [1.165, 1.54) is 12.1 Å². The summed E-state index contributed by atoms with van der Waals surface area (Å²) in [5.41, 5.74) is 3.90. The van der Waals surface area contributed by atoms with Crippen LogP contribution in [0.15, 0.2) is 30.6 Å². The molecule has 0 spiro atoms. The van der Waals surface area contributed by atoms with Gasteiger partial charge in [-0.1, -0.05) is 12.1 Å². The van der Waals surface area contributed by atoms with Crippen molar-refractivity contribution >= 4 is 6.03 Å². The van der Waals surface area contributed by atoms with E-state index in [1.807, 2.05) is 6.92 Å². The van der Waals surface area contributed by atoms with Crippen LogP contribution >= 0.6 is 0 Å². The van der Waals surface area contributed by atoms with Crippen molar-refractivity contribution in [2.24, 2.45) is 0 Å². The van der Waals surface area contributed by atoms with Crippen LogP contribution in [0.4, 0.5) is 9.18 Å². The first kappa shape index (κ1) is 15.4. The highest BCUT2D eigenvalue weighted by Crippen LogP contribution is 2.16. The van der Waals surface area contributed by atoms with Gasteiger partial charge in [0, 0.05) is 37.4 Å². The maximum Gasteiger partial charge on any atom is 0.317 e. The Hall–Kier alpha value is -2.50. The highest BCUT2D eigenvalue weighted by molar-refractivity contribution is 5.74. The van der Waals surface area contributed by atoms with Crippen molar-refractivity contribution in [2.75, 3.05) is 13.1 Å². The van der Waals surface area contributed by atoms with E-state index < -0.39 is 0 Å². The molecule has 0 bridgehead atoms. The molecule has 1 aromatic carbocycles. The quantitative estimate of drug-likeness (QED) is 0.925. The van der Waals surface area contributed by atoms with Gasteiger partial charge in [-0.25, -0.2) is 19.2 Å². The number of halogens is 1. The molecule has 5 nitrogen and oxygen atoms in total. The van der Waals surface area contributed by atoms with Crippen molar-refractivity contribution in [3.05, 3.63) is 58.9 Å². The number of nitrogens with zero attached hydrogens (tertiary/aromatic N) is 3. The highest BCUT2D eigenvalue weighted by atomic mass is 19.1. The summed E-state index contributed by atoms with van der Waals surface area (Å²) in [5, 5.41) is 2.85. The van der Waals surface area contributed by atoms with Crippen LogP contribution in [-0.4, -0.2) is 34.0 Å². The molecule has 2 aromatic rings. The van der Waals surface area contributed by atoms with Gasteiger partial charge in [-0.2, -0.15) is 0 Å². The first-order valence-corrected chi connectivity index (χ1v) is 7.70. The van der Waals surface area contributed by atoms with Crippen molar-refractivity contribution in [1.29, 1.82) is 0 Å². The minimum Gasteiger partial charge on any atom is -0.334 e. The first-order valence-electron chi connectivity index (χ1n) is 7.70. The number of benzene rings is 1. The Morgan fingerprint density at radius 1 is 1.30 bits per heavy atom. The Morgan fingerprint density at radius 3 is 2.96 bits per heavy atom. The van der Waals surface area contributed by atoms with Gasteiger partial charge in [-0.05, 0) is 36.6 Å². The summed E-state index contributed by atoms with van der Waals surface area (Å²) in [6.45, 7) is 3.55. The van der Waals surface area contributed by atoms with E-state index in [-0.39, 0.29) is 11.8 Å². The lowest BCUT2D eigenvalue weighted by Gasteiger charge is -2.20. The van der Waals surface area contributed by atoms with Crippen LogP contribution in [0.3, 0.4) is 0 Å². The van der Waals surface area contributed by atoms with Gasteiger partial charge in [-0.15, -0.1) is 0 Å². The number of fused-ring (bicyclic) bond motifs is 1. The highest BCUT2D eigenvalue weighted by Gasteiger charge is 2.20. The van der Waals surface area contributed by atoms with Gasteiger partial charge in [0.05, 0.1) is 0 Å². The molecule has 1 aromatic heterocycles. The molecule has 1 N–H and O–H groups in total. The third-order valence-corrected chi connectivity index (χ3v) is 4.12. The van der Waals surface area contributed by atoms with E-state index in [2.05, 4.69) is 15.3 Å². The van der Waals surface area contributed by atoms with Crippen LogP contribution < -0.4 is 5.32 Å². The van der Waals surface area contributed by atoms with E-state index in [4.69, 9.17) is 0 Å². The van der Waals surface area contributed by atoms with Crippen LogP contribution in [0.5, 0.6) is 0 Å². The molecule has 0 unspecified atom stereocenters. The summed E-state index contributed by atoms with van der Waals surface area (Å²) in [6.07, 6.45) is 3.06. The molecule has 1 aliphatic heterocycles. The summed E-state index contributed by atoms with van der Waals surface area (Å²) in [4.78, 5) is 22.7. The molecule has 1 aliphatic rings. The number of urea groups is 1. The average Bonchev–Trinajstić information content (AvgIpc) is 2.76. The van der Waals surface area contributed by atoms with E-state index in [0.29, 0.717) is 19.6 Å². The minimum absolute atomic E-state index is 0.132. The number of hydrogen-bond acceptors (Lipinski definition) is 3. The molecule has 6 heteroatoms. The molecule has 0 atom stereocenters. The Morgan fingerprint density at radius 2 is 2.13 bits per heavy atom. The minimum atomic E-state index is -0.295. The van der Waals surface area contributed by atoms with Crippen molar-refractivity contribution in [2.45, 2.75) is 26.3 Å². The van der Waals surface area contributed by atoms with E-state index in [1.54, 1.807) is 23.4 Å². The Bertz CT molecular complexity index is 719. The fourth-order valence-electron chi connectivity index (χ4n) is 2.83. The molecule has 0 fully saturated rings. The molecule has 23 heavy (non-hydrogen) atoms. The molecule has 120 valence electrons. The van der Waals surface area contributed by atoms with Crippen molar-refractivity contribution in [1.82, 2.24) is 20.2 Å². The van der Waals surface area contributed by atoms with Gasteiger partial charge in [0.15, 0.2) is 0 Å². The Balaban J connectivity index is 1.60. The van der Waals surface area contributed by atoms with Gasteiger partial charge in [0.1, 0.15) is 12.1 Å². The standard InChI is InChI=1S/C17H19FN4O/c1-12-15-5-7-22(8-6-16(15)21-11-20-12)17(23)19-10-13-3-2-4-14(18)9-13/h2-4,9,11H,5-8,10H2,1H3,(H,19,23). The number of aryl methyl sites for hydroxylation is 1. The van der Waals surface area contributed by atoms with E-state index in [9.17, 15) is 9.18 Å². The molecular formula is C17H19FN4O. The summed E-state index contributed by atoms with van der Waals surface area (Å²) in [7, 11) is 0. The van der Waals surface area contributed by atoms with Gasteiger partial charge < -0.3 is 10.2 Å². The zero-order chi connectivity index (χ0) is 16.2. The lowest BCUT2D eigenvalue weighted by molar-refractivity contribution is 0.199. The fourth-order valence-corrected chi connectivity index (χ4v) is 2.83. The van der Waals surface area contributed by atoms with Crippen LogP contribution in [0, 0.1) is 12.7 Å². The zero-order valence-corrected chi connectivity index (χ0v) is 13.1. The zero-order valence-electron chi connectivity index (χ0n) is 13.1. The van der Waals surface area contributed by atoms with Crippen LogP contribution in [0.2, 0.25) is 0 Å². The number of aromatic nitrogens is 2. The molecule has 3 rings (SSSR count). The largest absolute Gasteiger partial charge is 0.334 e. The third kappa shape index (κ3) is 3.64. The number of carbonyl (C=O) groups is 1. The summed E-state index contributed by atoms with van der Waals surface area (Å²) in [6, 6.07) is 6.12. The second-order valence-electron chi connectivity index (χ2n) is 5.66. The van der Waals surface area contributed by atoms with Crippen LogP contribution in [0.1, 0.15) is 22.5 Å². The molecule has 2 amide bonds. The number of nitrogens with one attached hydrogen (secondary N) is 1. The second kappa shape index (κ2) is 6.73. The Labute approximate surface area is 134 Å². The molecule has 0 radical (unpaired) electrons. The predicted octanol–water partition coefficient (Wildman–Crippen LogP) is 2.23. The maximum absolute atomic E-state index is 13.2. The number of carbonyl (C=O) groups excluding carboxylic acids is 1. The summed E-state index contributed by atoms with van der Waals surface area (Å²) >= 11 is 0. The van der Waals surface area contributed by atoms with Crippen molar-refractivity contribution < 1.29 is 9.18 Å². The van der Waals surface area contributed by atoms with Crippen molar-refractivity contribution in [3.8, 4) is 0 Å². The summed E-state index contributed by atoms with van der Waals surface area (Å²) < 4.78 is 13.2. The SMILES string of the molecule is Cc1ncnc2c1CCN(C(=O)NCc1cccc(F)c1)CC2. The normalized spacial score (nSPS) is 14.1. The molecular weight excluding hydrogens is 295 g/mol.